The van der Waals surface area contributed by atoms with Gasteiger partial charge in [-0.15, -0.1) is 0 Å². The van der Waals surface area contributed by atoms with Gasteiger partial charge in [0.1, 0.15) is 11.2 Å². The molecule has 1 aromatic heterocycles. The van der Waals surface area contributed by atoms with E-state index in [1.807, 2.05) is 31.2 Å². The van der Waals surface area contributed by atoms with Crippen LogP contribution in [0.25, 0.3) is 0 Å². The van der Waals surface area contributed by atoms with Gasteiger partial charge in [-0.2, -0.15) is 15.5 Å². The molecule has 130 valence electrons. The second-order valence-electron chi connectivity index (χ2n) is 6.15. The fraction of sp³-hybridized carbons (Fsp3) is 0.316. The minimum absolute atomic E-state index is 0.205. The first-order valence-corrected chi connectivity index (χ1v) is 8.41. The monoisotopic (exact) mass is 346 g/mol. The highest BCUT2D eigenvalue weighted by Crippen LogP contribution is 2.36. The minimum atomic E-state index is -0.954. The van der Waals surface area contributed by atoms with Crippen LogP contribution in [0.5, 0.6) is 0 Å². The van der Waals surface area contributed by atoms with Crippen LogP contribution in [0.15, 0.2) is 36.5 Å². The van der Waals surface area contributed by atoms with E-state index in [1.54, 1.807) is 17.2 Å². The smallest absolute Gasteiger partial charge is 0.248 e. The Kier molecular flexibility index (Phi) is 4.81. The number of amides is 1. The van der Waals surface area contributed by atoms with Crippen LogP contribution >= 0.6 is 0 Å². The SMILES string of the molecule is CCC1(C#N)CCN(c2ccnc(Nc3cccc(CC#N)c3)n2)C1=O. The Bertz CT molecular complexity index is 913. The summed E-state index contributed by atoms with van der Waals surface area (Å²) in [6.07, 6.45) is 2.89. The highest BCUT2D eigenvalue weighted by Gasteiger charge is 2.46. The van der Waals surface area contributed by atoms with Crippen molar-refractivity contribution < 1.29 is 4.79 Å². The number of anilines is 3. The Hall–Kier alpha value is -3.45. The lowest BCUT2D eigenvalue weighted by Gasteiger charge is -2.19. The summed E-state index contributed by atoms with van der Waals surface area (Å²) in [6.45, 7) is 2.32. The molecular weight excluding hydrogens is 328 g/mol. The number of carbonyl (C=O) groups is 1. The van der Waals surface area contributed by atoms with Crippen molar-refractivity contribution in [1.29, 1.82) is 10.5 Å². The van der Waals surface area contributed by atoms with E-state index in [1.165, 1.54) is 0 Å². The Morgan fingerprint density at radius 3 is 2.88 bits per heavy atom. The van der Waals surface area contributed by atoms with Gasteiger partial charge in [0.25, 0.3) is 0 Å². The Balaban J connectivity index is 1.82. The van der Waals surface area contributed by atoms with Gasteiger partial charge in [-0.3, -0.25) is 9.69 Å². The molecule has 2 aromatic rings. The van der Waals surface area contributed by atoms with Crippen molar-refractivity contribution in [2.24, 2.45) is 5.41 Å². The molecular formula is C19H18N6O. The third kappa shape index (κ3) is 3.20. The molecule has 0 spiro atoms. The maximum atomic E-state index is 12.7. The average Bonchev–Trinajstić information content (AvgIpc) is 2.99. The lowest BCUT2D eigenvalue weighted by Crippen LogP contribution is -2.33. The van der Waals surface area contributed by atoms with Gasteiger partial charge in [0.15, 0.2) is 0 Å². The van der Waals surface area contributed by atoms with Gasteiger partial charge in [-0.25, -0.2) is 4.98 Å². The van der Waals surface area contributed by atoms with Gasteiger partial charge in [0.2, 0.25) is 11.9 Å². The van der Waals surface area contributed by atoms with E-state index >= 15 is 0 Å². The summed E-state index contributed by atoms with van der Waals surface area (Å²) in [5.41, 5.74) is 0.706. The van der Waals surface area contributed by atoms with Gasteiger partial charge in [-0.1, -0.05) is 19.1 Å². The fourth-order valence-corrected chi connectivity index (χ4v) is 3.04. The molecule has 0 aliphatic carbocycles. The molecule has 0 bridgehead atoms. The summed E-state index contributed by atoms with van der Waals surface area (Å²) in [6, 6.07) is 13.4. The number of nitrogens with zero attached hydrogens (tertiary/aromatic N) is 5. The summed E-state index contributed by atoms with van der Waals surface area (Å²) in [7, 11) is 0. The van der Waals surface area contributed by atoms with Crippen LogP contribution in [0.1, 0.15) is 25.3 Å². The van der Waals surface area contributed by atoms with Crippen LogP contribution in [-0.2, 0) is 11.2 Å². The van der Waals surface area contributed by atoms with Gasteiger partial charge < -0.3 is 5.32 Å². The molecule has 1 unspecified atom stereocenters. The van der Waals surface area contributed by atoms with Crippen LogP contribution in [0, 0.1) is 28.1 Å². The molecule has 2 heterocycles. The van der Waals surface area contributed by atoms with Crippen LogP contribution in [-0.4, -0.2) is 22.4 Å². The average molecular weight is 346 g/mol. The molecule has 1 aliphatic rings. The first kappa shape index (κ1) is 17.4. The maximum Gasteiger partial charge on any atom is 0.248 e. The van der Waals surface area contributed by atoms with E-state index in [9.17, 15) is 10.1 Å². The van der Waals surface area contributed by atoms with Crippen LogP contribution in [0.3, 0.4) is 0 Å². The number of hydrogen-bond donors (Lipinski definition) is 1. The highest BCUT2D eigenvalue weighted by molar-refractivity contribution is 6.01. The van der Waals surface area contributed by atoms with Crippen LogP contribution in [0.4, 0.5) is 17.5 Å². The van der Waals surface area contributed by atoms with Crippen molar-refractivity contribution in [3.8, 4) is 12.1 Å². The normalized spacial score (nSPS) is 19.0. The van der Waals surface area contributed by atoms with Crippen molar-refractivity contribution >= 4 is 23.4 Å². The van der Waals surface area contributed by atoms with Gasteiger partial charge >= 0.3 is 0 Å². The zero-order valence-corrected chi connectivity index (χ0v) is 14.4. The number of hydrogen-bond acceptors (Lipinski definition) is 6. The summed E-state index contributed by atoms with van der Waals surface area (Å²) in [5.74, 6) is 0.629. The molecule has 1 amide bonds. The Morgan fingerprint density at radius 1 is 1.35 bits per heavy atom. The lowest BCUT2D eigenvalue weighted by atomic mass is 9.85. The van der Waals surface area contributed by atoms with Crippen LogP contribution in [0.2, 0.25) is 0 Å². The molecule has 0 saturated carbocycles. The second-order valence-corrected chi connectivity index (χ2v) is 6.15. The quantitative estimate of drug-likeness (QED) is 0.892. The van der Waals surface area contributed by atoms with E-state index < -0.39 is 5.41 Å². The molecule has 1 N–H and O–H groups in total. The van der Waals surface area contributed by atoms with Gasteiger partial charge in [0, 0.05) is 18.4 Å². The maximum absolute atomic E-state index is 12.7. The van der Waals surface area contributed by atoms with Gasteiger partial charge in [0.05, 0.1) is 18.6 Å². The van der Waals surface area contributed by atoms with Crippen molar-refractivity contribution in [2.45, 2.75) is 26.2 Å². The van der Waals surface area contributed by atoms with Crippen molar-refractivity contribution in [3.63, 3.8) is 0 Å². The molecule has 1 aliphatic heterocycles. The number of nitrogens with one attached hydrogen (secondary N) is 1. The molecule has 0 radical (unpaired) electrons. The molecule has 1 fully saturated rings. The predicted molar refractivity (Wildman–Crippen MR) is 96.4 cm³/mol. The molecule has 3 rings (SSSR count). The standard InChI is InChI=1S/C19H18N6O/c1-2-19(13-21)8-11-25(17(19)26)16-7-10-22-18(24-16)23-15-5-3-4-14(12-15)6-9-20/h3-5,7,10,12H,2,6,8,11H2,1H3,(H,22,23,24). The van der Waals surface area contributed by atoms with Crippen molar-refractivity contribution in [1.82, 2.24) is 9.97 Å². The fourth-order valence-electron chi connectivity index (χ4n) is 3.04. The van der Waals surface area contributed by atoms with E-state index in [0.29, 0.717) is 37.6 Å². The molecule has 1 atom stereocenters. The third-order valence-corrected chi connectivity index (χ3v) is 4.62. The van der Waals surface area contributed by atoms with E-state index in [-0.39, 0.29) is 5.91 Å². The van der Waals surface area contributed by atoms with Crippen molar-refractivity contribution in [2.75, 3.05) is 16.8 Å². The minimum Gasteiger partial charge on any atom is -0.324 e. The number of aromatic nitrogens is 2. The molecule has 1 saturated heterocycles. The van der Waals surface area contributed by atoms with E-state index in [0.717, 1.165) is 11.3 Å². The first-order chi connectivity index (χ1) is 12.6. The molecule has 1 aromatic carbocycles. The van der Waals surface area contributed by atoms with E-state index in [2.05, 4.69) is 27.4 Å². The predicted octanol–water partition coefficient (Wildman–Crippen LogP) is 2.94. The van der Waals surface area contributed by atoms with Gasteiger partial charge in [-0.05, 0) is 36.6 Å². The summed E-state index contributed by atoms with van der Waals surface area (Å²) >= 11 is 0. The number of carbonyl (C=O) groups excluding carboxylic acids is 1. The molecule has 7 heteroatoms. The second kappa shape index (κ2) is 7.20. The number of nitriles is 2. The zero-order chi connectivity index (χ0) is 18.6. The zero-order valence-electron chi connectivity index (χ0n) is 14.4. The number of benzene rings is 1. The Labute approximate surface area is 151 Å². The summed E-state index contributed by atoms with van der Waals surface area (Å²) in [5, 5.41) is 21.3. The largest absolute Gasteiger partial charge is 0.324 e. The van der Waals surface area contributed by atoms with Crippen molar-refractivity contribution in [3.05, 3.63) is 42.1 Å². The highest BCUT2D eigenvalue weighted by atomic mass is 16.2. The van der Waals surface area contributed by atoms with Crippen LogP contribution < -0.4 is 10.2 Å². The van der Waals surface area contributed by atoms with E-state index in [4.69, 9.17) is 5.26 Å². The third-order valence-electron chi connectivity index (χ3n) is 4.62. The Morgan fingerprint density at radius 2 is 2.19 bits per heavy atom. The summed E-state index contributed by atoms with van der Waals surface area (Å²) in [4.78, 5) is 22.8. The summed E-state index contributed by atoms with van der Waals surface area (Å²) < 4.78 is 0. The molecule has 26 heavy (non-hydrogen) atoms. The topological polar surface area (TPSA) is 106 Å². The molecule has 7 nitrogen and oxygen atoms in total. The first-order valence-electron chi connectivity index (χ1n) is 8.41. The lowest BCUT2D eigenvalue weighted by molar-refractivity contribution is -0.123. The number of rotatable bonds is 5.